The van der Waals surface area contributed by atoms with Crippen molar-refractivity contribution < 1.29 is 23.5 Å². The standard InChI is InChI=1S/C26H25ClFNO4/c1-15-23(26(31)33-11-10-32-2)24(17-4-3-5-20(28)12-17)25-21(29-15)13-18(14-22(25)30)16-6-8-19(27)9-7-16/h3-9,12,18,24,29H,10-11,13-14H2,1-2H3. The summed E-state index contributed by atoms with van der Waals surface area (Å²) in [6.45, 7) is 2.12. The van der Waals surface area contributed by atoms with Gasteiger partial charge < -0.3 is 14.8 Å². The lowest BCUT2D eigenvalue weighted by molar-refractivity contribution is -0.140. The second kappa shape index (κ2) is 9.89. The zero-order valence-corrected chi connectivity index (χ0v) is 19.2. The monoisotopic (exact) mass is 469 g/mol. The second-order valence-electron chi connectivity index (χ2n) is 8.25. The summed E-state index contributed by atoms with van der Waals surface area (Å²) in [6.07, 6.45) is 0.886. The number of rotatable bonds is 6. The number of carbonyl (C=O) groups is 2. The molecule has 0 fully saturated rings. The first kappa shape index (κ1) is 23.2. The largest absolute Gasteiger partial charge is 0.460 e. The zero-order chi connectivity index (χ0) is 23.5. The summed E-state index contributed by atoms with van der Waals surface area (Å²) in [4.78, 5) is 26.5. The Hall–Kier alpha value is -2.96. The van der Waals surface area contributed by atoms with Crippen LogP contribution < -0.4 is 5.32 Å². The molecular weight excluding hydrogens is 445 g/mol. The minimum Gasteiger partial charge on any atom is -0.460 e. The van der Waals surface area contributed by atoms with Gasteiger partial charge in [0.25, 0.3) is 0 Å². The number of benzene rings is 2. The molecule has 0 bridgehead atoms. The van der Waals surface area contributed by atoms with Crippen LogP contribution in [0.3, 0.4) is 0 Å². The molecule has 2 aromatic carbocycles. The van der Waals surface area contributed by atoms with Crippen molar-refractivity contribution in [1.82, 2.24) is 5.32 Å². The van der Waals surface area contributed by atoms with E-state index >= 15 is 0 Å². The molecule has 172 valence electrons. The number of nitrogens with one attached hydrogen (secondary N) is 1. The highest BCUT2D eigenvalue weighted by atomic mass is 35.5. The Kier molecular flexibility index (Phi) is 6.96. The van der Waals surface area contributed by atoms with Crippen LogP contribution in [0.4, 0.5) is 4.39 Å². The van der Waals surface area contributed by atoms with Crippen molar-refractivity contribution in [2.24, 2.45) is 0 Å². The fourth-order valence-electron chi connectivity index (χ4n) is 4.60. The van der Waals surface area contributed by atoms with E-state index in [1.54, 1.807) is 19.1 Å². The summed E-state index contributed by atoms with van der Waals surface area (Å²) < 4.78 is 24.5. The van der Waals surface area contributed by atoms with Crippen LogP contribution in [0.1, 0.15) is 42.7 Å². The molecule has 0 spiro atoms. The van der Waals surface area contributed by atoms with Gasteiger partial charge in [0.2, 0.25) is 0 Å². The number of ketones is 1. The molecule has 2 atom stereocenters. The van der Waals surface area contributed by atoms with E-state index in [0.717, 1.165) is 11.3 Å². The summed E-state index contributed by atoms with van der Waals surface area (Å²) in [5.74, 6) is -1.78. The summed E-state index contributed by atoms with van der Waals surface area (Å²) in [5, 5.41) is 3.92. The molecule has 0 aromatic heterocycles. The van der Waals surface area contributed by atoms with Crippen LogP contribution in [0.2, 0.25) is 5.02 Å². The van der Waals surface area contributed by atoms with E-state index in [9.17, 15) is 14.0 Å². The van der Waals surface area contributed by atoms with E-state index in [1.165, 1.54) is 19.2 Å². The third-order valence-corrected chi connectivity index (χ3v) is 6.34. The van der Waals surface area contributed by atoms with Gasteiger partial charge >= 0.3 is 5.97 Å². The van der Waals surface area contributed by atoms with E-state index in [4.69, 9.17) is 21.1 Å². The Bertz CT molecular complexity index is 1140. The van der Waals surface area contributed by atoms with Gasteiger partial charge in [-0.2, -0.15) is 0 Å². The van der Waals surface area contributed by atoms with Gasteiger partial charge in [0.1, 0.15) is 12.4 Å². The Balaban J connectivity index is 1.74. The van der Waals surface area contributed by atoms with Crippen molar-refractivity contribution in [3.05, 3.63) is 93.0 Å². The number of esters is 1. The lowest BCUT2D eigenvalue weighted by atomic mass is 9.71. The van der Waals surface area contributed by atoms with Gasteiger partial charge in [-0.3, -0.25) is 4.79 Å². The van der Waals surface area contributed by atoms with Gasteiger partial charge in [0, 0.05) is 41.4 Å². The number of allylic oxidation sites excluding steroid dienone is 3. The van der Waals surface area contributed by atoms with Crippen molar-refractivity contribution in [1.29, 1.82) is 0 Å². The smallest absolute Gasteiger partial charge is 0.336 e. The molecule has 0 amide bonds. The predicted octanol–water partition coefficient (Wildman–Crippen LogP) is 5.03. The molecule has 2 unspecified atom stereocenters. The number of hydrogen-bond donors (Lipinski definition) is 1. The number of ether oxygens (including phenoxy) is 2. The molecular formula is C26H25ClFNO4. The maximum atomic E-state index is 14.2. The number of dihydropyridines is 1. The van der Waals surface area contributed by atoms with Crippen LogP contribution in [0.25, 0.3) is 0 Å². The first-order valence-electron chi connectivity index (χ1n) is 10.8. The molecule has 1 aliphatic carbocycles. The van der Waals surface area contributed by atoms with Gasteiger partial charge in [-0.15, -0.1) is 0 Å². The molecule has 1 N–H and O–H groups in total. The van der Waals surface area contributed by atoms with Gasteiger partial charge in [-0.1, -0.05) is 35.9 Å². The Morgan fingerprint density at radius 3 is 2.58 bits per heavy atom. The fraction of sp³-hybridized carbons (Fsp3) is 0.308. The zero-order valence-electron chi connectivity index (χ0n) is 18.5. The van der Waals surface area contributed by atoms with Gasteiger partial charge in [0.15, 0.2) is 5.78 Å². The van der Waals surface area contributed by atoms with Crippen LogP contribution >= 0.6 is 11.6 Å². The first-order valence-corrected chi connectivity index (χ1v) is 11.2. The third-order valence-electron chi connectivity index (χ3n) is 6.09. The second-order valence-corrected chi connectivity index (χ2v) is 8.69. The van der Waals surface area contributed by atoms with E-state index in [-0.39, 0.29) is 24.9 Å². The number of carbonyl (C=O) groups excluding carboxylic acids is 2. The van der Waals surface area contributed by atoms with E-state index < -0.39 is 17.7 Å². The van der Waals surface area contributed by atoms with Crippen LogP contribution in [0.5, 0.6) is 0 Å². The average molecular weight is 470 g/mol. The van der Waals surface area contributed by atoms with Crippen LogP contribution in [-0.4, -0.2) is 32.1 Å². The fourth-order valence-corrected chi connectivity index (χ4v) is 4.72. The first-order chi connectivity index (χ1) is 15.9. The number of Topliss-reactive ketones (excluding diaryl/α,β-unsaturated/α-hetero) is 1. The Morgan fingerprint density at radius 1 is 1.12 bits per heavy atom. The molecule has 1 aliphatic heterocycles. The summed E-state index contributed by atoms with van der Waals surface area (Å²) in [7, 11) is 1.52. The molecule has 4 rings (SSSR count). The van der Waals surface area contributed by atoms with Crippen molar-refractivity contribution in [2.75, 3.05) is 20.3 Å². The molecule has 2 aliphatic rings. The minimum atomic E-state index is -0.703. The van der Waals surface area contributed by atoms with Crippen molar-refractivity contribution in [3.8, 4) is 0 Å². The minimum absolute atomic E-state index is 0.0165. The summed E-state index contributed by atoms with van der Waals surface area (Å²) >= 11 is 6.02. The lowest BCUT2D eigenvalue weighted by Gasteiger charge is -2.36. The van der Waals surface area contributed by atoms with E-state index in [0.29, 0.717) is 40.3 Å². The maximum Gasteiger partial charge on any atom is 0.336 e. The number of halogens is 2. The SMILES string of the molecule is COCCOC(=O)C1=C(C)NC2=C(C(=O)CC(c3ccc(Cl)cc3)C2)C1c1cccc(F)c1. The van der Waals surface area contributed by atoms with Crippen LogP contribution in [-0.2, 0) is 19.1 Å². The highest BCUT2D eigenvalue weighted by Gasteiger charge is 2.41. The number of methoxy groups -OCH3 is 1. The third kappa shape index (κ3) is 4.87. The Labute approximate surface area is 197 Å². The molecule has 2 aromatic rings. The van der Waals surface area contributed by atoms with Gasteiger partial charge in [-0.05, 0) is 54.7 Å². The van der Waals surface area contributed by atoms with Crippen molar-refractivity contribution in [3.63, 3.8) is 0 Å². The normalized spacial score (nSPS) is 20.4. The molecule has 0 saturated carbocycles. The van der Waals surface area contributed by atoms with E-state index in [1.807, 2.05) is 24.3 Å². The van der Waals surface area contributed by atoms with Crippen molar-refractivity contribution >= 4 is 23.4 Å². The van der Waals surface area contributed by atoms with Crippen LogP contribution in [0, 0.1) is 5.82 Å². The molecule has 1 heterocycles. The molecule has 33 heavy (non-hydrogen) atoms. The highest BCUT2D eigenvalue weighted by molar-refractivity contribution is 6.30. The summed E-state index contributed by atoms with van der Waals surface area (Å²) in [5.41, 5.74) is 3.72. The van der Waals surface area contributed by atoms with E-state index in [2.05, 4.69) is 5.32 Å². The molecule has 5 nitrogen and oxygen atoms in total. The summed E-state index contributed by atoms with van der Waals surface area (Å²) in [6, 6.07) is 13.5. The average Bonchev–Trinajstić information content (AvgIpc) is 2.78. The lowest BCUT2D eigenvalue weighted by Crippen LogP contribution is -2.36. The Morgan fingerprint density at radius 2 is 1.88 bits per heavy atom. The van der Waals surface area contributed by atoms with Gasteiger partial charge in [-0.25, -0.2) is 9.18 Å². The molecule has 0 saturated heterocycles. The number of hydrogen-bond acceptors (Lipinski definition) is 5. The maximum absolute atomic E-state index is 14.2. The van der Waals surface area contributed by atoms with Crippen molar-refractivity contribution in [2.45, 2.75) is 31.6 Å². The molecule has 7 heteroatoms. The topological polar surface area (TPSA) is 64.6 Å². The van der Waals surface area contributed by atoms with Crippen LogP contribution in [0.15, 0.2) is 71.1 Å². The van der Waals surface area contributed by atoms with Gasteiger partial charge in [0.05, 0.1) is 12.2 Å². The quantitative estimate of drug-likeness (QED) is 0.475. The predicted molar refractivity (Wildman–Crippen MR) is 123 cm³/mol. The molecule has 0 radical (unpaired) electrons. The highest BCUT2D eigenvalue weighted by Crippen LogP contribution is 2.45.